The molecule has 28 heavy (non-hydrogen) atoms. The molecule has 0 spiro atoms. The summed E-state index contributed by atoms with van der Waals surface area (Å²) in [6.07, 6.45) is 1.60. The summed E-state index contributed by atoms with van der Waals surface area (Å²) in [5, 5.41) is 5.80. The first-order chi connectivity index (χ1) is 13.5. The summed E-state index contributed by atoms with van der Waals surface area (Å²) in [5.41, 5.74) is 2.21. The molecule has 3 rings (SSSR count). The van der Waals surface area contributed by atoms with Crippen molar-refractivity contribution in [3.63, 3.8) is 0 Å². The number of carbonyl (C=O) groups is 2. The smallest absolute Gasteiger partial charge is 0.251 e. The molecule has 6 heteroatoms. The van der Waals surface area contributed by atoms with Crippen LogP contribution in [-0.2, 0) is 11.2 Å². The van der Waals surface area contributed by atoms with E-state index in [9.17, 15) is 9.59 Å². The molecule has 0 bridgehead atoms. The highest BCUT2D eigenvalue weighted by Crippen LogP contribution is 2.38. The number of anilines is 1. The highest BCUT2D eigenvalue weighted by Gasteiger charge is 2.39. The zero-order valence-electron chi connectivity index (χ0n) is 16.5. The first-order valence-electron chi connectivity index (χ1n) is 9.42. The third kappa shape index (κ3) is 4.82. The molecule has 1 fully saturated rings. The van der Waals surface area contributed by atoms with Crippen molar-refractivity contribution in [2.45, 2.75) is 19.8 Å². The van der Waals surface area contributed by atoms with E-state index in [0.29, 0.717) is 41.6 Å². The van der Waals surface area contributed by atoms with E-state index in [2.05, 4.69) is 17.6 Å². The third-order valence-electron chi connectivity index (χ3n) is 4.99. The van der Waals surface area contributed by atoms with Gasteiger partial charge in [0.25, 0.3) is 5.91 Å². The number of hydrogen-bond acceptors (Lipinski definition) is 4. The van der Waals surface area contributed by atoms with Gasteiger partial charge in [0.15, 0.2) is 11.5 Å². The first-order valence-corrected chi connectivity index (χ1v) is 9.42. The Morgan fingerprint density at radius 2 is 1.82 bits per heavy atom. The first kappa shape index (κ1) is 19.7. The fourth-order valence-electron chi connectivity index (χ4n) is 3.12. The zero-order chi connectivity index (χ0) is 20.1. The van der Waals surface area contributed by atoms with Crippen molar-refractivity contribution >= 4 is 17.5 Å². The molecule has 148 valence electrons. The summed E-state index contributed by atoms with van der Waals surface area (Å²) in [7, 11) is 3.19. The Morgan fingerprint density at radius 1 is 1.07 bits per heavy atom. The maximum Gasteiger partial charge on any atom is 0.251 e. The molecule has 0 saturated heterocycles. The van der Waals surface area contributed by atoms with Gasteiger partial charge in [0.1, 0.15) is 0 Å². The van der Waals surface area contributed by atoms with E-state index < -0.39 is 0 Å². The molecule has 0 radical (unpaired) electrons. The Kier molecular flexibility index (Phi) is 6.19. The van der Waals surface area contributed by atoms with E-state index >= 15 is 0 Å². The van der Waals surface area contributed by atoms with Crippen molar-refractivity contribution in [3.8, 4) is 11.5 Å². The fourth-order valence-corrected chi connectivity index (χ4v) is 3.12. The quantitative estimate of drug-likeness (QED) is 0.735. The minimum Gasteiger partial charge on any atom is -0.493 e. The normalized spacial score (nSPS) is 17.5. The zero-order valence-corrected chi connectivity index (χ0v) is 16.5. The standard InChI is InChI=1S/C22H26N2O4/c1-14-11-18(14)22(26)24-17-6-4-5-16(13-17)21(25)23-10-9-15-7-8-19(27-2)20(12-15)28-3/h4-8,12-14,18H,9-11H2,1-3H3,(H,23,25)(H,24,26). The lowest BCUT2D eigenvalue weighted by Crippen LogP contribution is -2.26. The van der Waals surface area contributed by atoms with Crippen LogP contribution in [0.15, 0.2) is 42.5 Å². The second kappa shape index (κ2) is 8.78. The molecule has 6 nitrogen and oxygen atoms in total. The van der Waals surface area contributed by atoms with Gasteiger partial charge in [0, 0.05) is 23.7 Å². The van der Waals surface area contributed by atoms with E-state index in [0.717, 1.165) is 12.0 Å². The minimum atomic E-state index is -0.170. The number of benzene rings is 2. The Balaban J connectivity index is 1.53. The number of carbonyl (C=O) groups excluding carboxylic acids is 2. The van der Waals surface area contributed by atoms with E-state index in [4.69, 9.17) is 9.47 Å². The topological polar surface area (TPSA) is 76.7 Å². The highest BCUT2D eigenvalue weighted by atomic mass is 16.5. The molecule has 2 atom stereocenters. The summed E-state index contributed by atoms with van der Waals surface area (Å²) in [6.45, 7) is 2.55. The van der Waals surface area contributed by atoms with Gasteiger partial charge < -0.3 is 20.1 Å². The predicted molar refractivity (Wildman–Crippen MR) is 108 cm³/mol. The van der Waals surface area contributed by atoms with Gasteiger partial charge in [-0.3, -0.25) is 9.59 Å². The van der Waals surface area contributed by atoms with Crippen molar-refractivity contribution in [3.05, 3.63) is 53.6 Å². The maximum atomic E-state index is 12.4. The lowest BCUT2D eigenvalue weighted by Gasteiger charge is -2.11. The van der Waals surface area contributed by atoms with Crippen LogP contribution in [0, 0.1) is 11.8 Å². The van der Waals surface area contributed by atoms with E-state index in [1.165, 1.54) is 0 Å². The average molecular weight is 382 g/mol. The third-order valence-corrected chi connectivity index (χ3v) is 4.99. The van der Waals surface area contributed by atoms with Crippen molar-refractivity contribution in [1.29, 1.82) is 0 Å². The Labute approximate surface area is 165 Å². The Bertz CT molecular complexity index is 865. The largest absolute Gasteiger partial charge is 0.493 e. The molecule has 0 aromatic heterocycles. The van der Waals surface area contributed by atoms with Crippen molar-refractivity contribution in [2.24, 2.45) is 11.8 Å². The monoisotopic (exact) mass is 382 g/mol. The molecule has 0 aliphatic heterocycles. The summed E-state index contributed by atoms with van der Waals surface area (Å²) in [4.78, 5) is 24.5. The molecular weight excluding hydrogens is 356 g/mol. The molecule has 2 unspecified atom stereocenters. The van der Waals surface area contributed by atoms with Gasteiger partial charge in [-0.05, 0) is 54.7 Å². The van der Waals surface area contributed by atoms with Crippen LogP contribution in [0.25, 0.3) is 0 Å². The van der Waals surface area contributed by atoms with E-state index in [1.54, 1.807) is 38.5 Å². The van der Waals surface area contributed by atoms with Crippen LogP contribution < -0.4 is 20.1 Å². The number of nitrogens with one attached hydrogen (secondary N) is 2. The van der Waals surface area contributed by atoms with Crippen molar-refractivity contribution in [1.82, 2.24) is 5.32 Å². The summed E-state index contributed by atoms with van der Waals surface area (Å²) < 4.78 is 10.5. The van der Waals surface area contributed by atoms with Gasteiger partial charge in [-0.1, -0.05) is 19.1 Å². The summed E-state index contributed by atoms with van der Waals surface area (Å²) >= 11 is 0. The number of rotatable bonds is 8. The van der Waals surface area contributed by atoms with Gasteiger partial charge >= 0.3 is 0 Å². The molecule has 2 aromatic carbocycles. The highest BCUT2D eigenvalue weighted by molar-refractivity contribution is 5.98. The van der Waals surface area contributed by atoms with Gasteiger partial charge in [0.2, 0.25) is 5.91 Å². The van der Waals surface area contributed by atoms with Gasteiger partial charge in [-0.15, -0.1) is 0 Å². The second-order valence-electron chi connectivity index (χ2n) is 7.08. The Hall–Kier alpha value is -3.02. The van der Waals surface area contributed by atoms with Crippen LogP contribution in [-0.4, -0.2) is 32.6 Å². The molecule has 0 heterocycles. The average Bonchev–Trinajstić information content (AvgIpc) is 3.44. The van der Waals surface area contributed by atoms with Gasteiger partial charge in [-0.2, -0.15) is 0 Å². The summed E-state index contributed by atoms with van der Waals surface area (Å²) in [6, 6.07) is 12.7. The van der Waals surface area contributed by atoms with Crippen LogP contribution in [0.3, 0.4) is 0 Å². The molecule has 1 aliphatic carbocycles. The van der Waals surface area contributed by atoms with Crippen LogP contribution in [0.5, 0.6) is 11.5 Å². The fraction of sp³-hybridized carbons (Fsp3) is 0.364. The molecule has 2 N–H and O–H groups in total. The maximum absolute atomic E-state index is 12.4. The summed E-state index contributed by atoms with van der Waals surface area (Å²) in [5.74, 6) is 1.74. The second-order valence-corrected chi connectivity index (χ2v) is 7.08. The predicted octanol–water partition coefficient (Wildman–Crippen LogP) is 3.27. The van der Waals surface area contributed by atoms with Gasteiger partial charge in [-0.25, -0.2) is 0 Å². The molecule has 2 amide bonds. The molecular formula is C22H26N2O4. The van der Waals surface area contributed by atoms with Gasteiger partial charge in [0.05, 0.1) is 14.2 Å². The van der Waals surface area contributed by atoms with E-state index in [1.807, 2.05) is 18.2 Å². The van der Waals surface area contributed by atoms with Crippen LogP contribution >= 0.6 is 0 Å². The van der Waals surface area contributed by atoms with Crippen LogP contribution in [0.2, 0.25) is 0 Å². The number of amides is 2. The number of hydrogen-bond donors (Lipinski definition) is 2. The SMILES string of the molecule is COc1ccc(CCNC(=O)c2cccc(NC(=O)C3CC3C)c2)cc1OC. The van der Waals surface area contributed by atoms with Crippen molar-refractivity contribution < 1.29 is 19.1 Å². The van der Waals surface area contributed by atoms with E-state index in [-0.39, 0.29) is 17.7 Å². The Morgan fingerprint density at radius 3 is 2.50 bits per heavy atom. The lowest BCUT2D eigenvalue weighted by molar-refractivity contribution is -0.117. The number of methoxy groups -OCH3 is 2. The number of ether oxygens (including phenoxy) is 2. The lowest BCUT2D eigenvalue weighted by atomic mass is 10.1. The minimum absolute atomic E-state index is 0.0264. The van der Waals surface area contributed by atoms with Crippen LogP contribution in [0.4, 0.5) is 5.69 Å². The van der Waals surface area contributed by atoms with Crippen molar-refractivity contribution in [2.75, 3.05) is 26.1 Å². The molecule has 1 saturated carbocycles. The molecule has 2 aromatic rings. The van der Waals surface area contributed by atoms with Crippen LogP contribution in [0.1, 0.15) is 29.3 Å². The molecule has 1 aliphatic rings.